The summed E-state index contributed by atoms with van der Waals surface area (Å²) < 4.78 is 26.8. The van der Waals surface area contributed by atoms with Crippen LogP contribution in [0.15, 0.2) is 52.5 Å². The Balaban J connectivity index is 1.72. The van der Waals surface area contributed by atoms with Crippen LogP contribution in [0.25, 0.3) is 0 Å². The van der Waals surface area contributed by atoms with E-state index in [-0.39, 0.29) is 17.0 Å². The van der Waals surface area contributed by atoms with Gasteiger partial charge in [-0.05, 0) is 49.2 Å². The van der Waals surface area contributed by atoms with E-state index in [1.165, 1.54) is 30.3 Å². The summed E-state index contributed by atoms with van der Waals surface area (Å²) >= 11 is 5.80. The summed E-state index contributed by atoms with van der Waals surface area (Å²) in [6, 6.07) is 8.35. The van der Waals surface area contributed by atoms with Crippen molar-refractivity contribution in [2.24, 2.45) is 5.10 Å². The van der Waals surface area contributed by atoms with Crippen LogP contribution >= 0.6 is 11.6 Å². The number of hydrogen-bond donors (Lipinski definition) is 2. The predicted molar refractivity (Wildman–Crippen MR) is 109 cm³/mol. The molecule has 10 nitrogen and oxygen atoms in total. The maximum atomic E-state index is 12.9. The molecule has 158 valence electrons. The first kappa shape index (κ1) is 21.7. The summed E-state index contributed by atoms with van der Waals surface area (Å²) in [6.07, 6.45) is 2.01. The minimum atomic E-state index is -3.89. The Hall–Kier alpha value is -3.02. The van der Waals surface area contributed by atoms with Crippen LogP contribution in [0.2, 0.25) is 5.02 Å². The standard InChI is InChI=1S/C18H17ClN4O6S/c19-13-4-6-14(7-5-13)30(28,29)22-9-1-2-15(22)18(25)21-20-11-12-3-8-17(24)16(10-12)23(26)27/h3-8,10-11,15,24H,1-2,9H2,(H,21,25)/b20-11-/t15-/m1/s1. The Morgan fingerprint density at radius 2 is 2.00 bits per heavy atom. The number of sulfonamides is 1. The highest BCUT2D eigenvalue weighted by Gasteiger charge is 2.39. The molecule has 0 saturated carbocycles. The van der Waals surface area contributed by atoms with Gasteiger partial charge in [0.1, 0.15) is 6.04 Å². The lowest BCUT2D eigenvalue weighted by Gasteiger charge is -2.22. The molecule has 1 heterocycles. The Labute approximate surface area is 177 Å². The molecule has 1 atom stereocenters. The molecule has 1 fully saturated rings. The van der Waals surface area contributed by atoms with Crippen molar-refractivity contribution in [3.63, 3.8) is 0 Å². The lowest BCUT2D eigenvalue weighted by atomic mass is 10.2. The number of rotatable bonds is 6. The van der Waals surface area contributed by atoms with E-state index < -0.39 is 38.3 Å². The van der Waals surface area contributed by atoms with Crippen LogP contribution in [0, 0.1) is 10.1 Å². The van der Waals surface area contributed by atoms with Crippen LogP contribution in [0.4, 0.5) is 5.69 Å². The number of nitro benzene ring substituents is 1. The third kappa shape index (κ3) is 4.58. The number of carbonyl (C=O) groups is 1. The zero-order chi connectivity index (χ0) is 21.9. The fourth-order valence-corrected chi connectivity index (χ4v) is 4.83. The van der Waals surface area contributed by atoms with Gasteiger partial charge in [0.25, 0.3) is 5.91 Å². The fraction of sp³-hybridized carbons (Fsp3) is 0.222. The fourth-order valence-electron chi connectivity index (χ4n) is 3.04. The van der Waals surface area contributed by atoms with E-state index in [1.807, 2.05) is 0 Å². The molecule has 12 heteroatoms. The minimum absolute atomic E-state index is 0.0338. The van der Waals surface area contributed by atoms with Gasteiger partial charge >= 0.3 is 5.69 Å². The second-order valence-corrected chi connectivity index (χ2v) is 8.79. The molecule has 0 aromatic heterocycles. The van der Waals surface area contributed by atoms with Crippen molar-refractivity contribution in [2.45, 2.75) is 23.8 Å². The SMILES string of the molecule is O=C(N/N=C\c1ccc(O)c([N+](=O)[O-])c1)[C@H]1CCCN1S(=O)(=O)c1ccc(Cl)cc1. The number of nitrogens with one attached hydrogen (secondary N) is 1. The summed E-state index contributed by atoms with van der Waals surface area (Å²) in [6.45, 7) is 0.191. The average Bonchev–Trinajstić information content (AvgIpc) is 3.20. The van der Waals surface area contributed by atoms with Gasteiger partial charge in [-0.25, -0.2) is 13.8 Å². The Bertz CT molecular complexity index is 1100. The van der Waals surface area contributed by atoms with Crippen LogP contribution < -0.4 is 5.43 Å². The van der Waals surface area contributed by atoms with E-state index in [4.69, 9.17) is 11.6 Å². The first-order valence-electron chi connectivity index (χ1n) is 8.78. The van der Waals surface area contributed by atoms with Gasteiger partial charge in [-0.3, -0.25) is 14.9 Å². The number of phenolic OH excluding ortho intramolecular Hbond substituents is 1. The van der Waals surface area contributed by atoms with E-state index in [0.717, 1.165) is 22.7 Å². The first-order valence-corrected chi connectivity index (χ1v) is 10.6. The average molecular weight is 453 g/mol. The number of carbonyl (C=O) groups excluding carboxylic acids is 1. The Morgan fingerprint density at radius 1 is 1.30 bits per heavy atom. The quantitative estimate of drug-likeness (QED) is 0.391. The molecule has 2 N–H and O–H groups in total. The zero-order valence-corrected chi connectivity index (χ0v) is 17.0. The number of amides is 1. The number of halogens is 1. The molecule has 3 rings (SSSR count). The van der Waals surface area contributed by atoms with Gasteiger partial charge in [-0.2, -0.15) is 9.41 Å². The van der Waals surface area contributed by atoms with E-state index in [0.29, 0.717) is 17.9 Å². The van der Waals surface area contributed by atoms with Gasteiger partial charge in [0, 0.05) is 23.2 Å². The number of benzene rings is 2. The smallest absolute Gasteiger partial charge is 0.311 e. The molecular weight excluding hydrogens is 436 g/mol. The van der Waals surface area contributed by atoms with E-state index >= 15 is 0 Å². The highest BCUT2D eigenvalue weighted by Crippen LogP contribution is 2.27. The monoisotopic (exact) mass is 452 g/mol. The third-order valence-corrected chi connectivity index (χ3v) is 6.69. The van der Waals surface area contributed by atoms with Crippen molar-refractivity contribution in [1.82, 2.24) is 9.73 Å². The van der Waals surface area contributed by atoms with Gasteiger partial charge < -0.3 is 5.11 Å². The molecule has 2 aromatic carbocycles. The molecule has 0 radical (unpaired) electrons. The number of nitrogens with zero attached hydrogens (tertiary/aromatic N) is 3. The Morgan fingerprint density at radius 3 is 2.67 bits per heavy atom. The van der Waals surface area contributed by atoms with Crippen LogP contribution in [-0.2, 0) is 14.8 Å². The van der Waals surface area contributed by atoms with E-state index in [2.05, 4.69) is 10.5 Å². The maximum absolute atomic E-state index is 12.9. The van der Waals surface area contributed by atoms with E-state index in [9.17, 15) is 28.4 Å². The van der Waals surface area contributed by atoms with Crippen LogP contribution in [0.5, 0.6) is 5.75 Å². The Kier molecular flexibility index (Phi) is 6.34. The normalized spacial score (nSPS) is 17.3. The first-order chi connectivity index (χ1) is 14.2. The van der Waals surface area contributed by atoms with Crippen molar-refractivity contribution < 1.29 is 23.2 Å². The second-order valence-electron chi connectivity index (χ2n) is 6.47. The highest BCUT2D eigenvalue weighted by molar-refractivity contribution is 7.89. The molecule has 30 heavy (non-hydrogen) atoms. The third-order valence-electron chi connectivity index (χ3n) is 4.51. The molecule has 0 aliphatic carbocycles. The van der Waals surface area contributed by atoms with Crippen molar-refractivity contribution in [3.8, 4) is 5.75 Å². The predicted octanol–water partition coefficient (Wildman–Crippen LogP) is 2.26. The summed E-state index contributed by atoms with van der Waals surface area (Å²) in [5, 5.41) is 24.5. The van der Waals surface area contributed by atoms with E-state index in [1.54, 1.807) is 0 Å². The summed E-state index contributed by atoms with van der Waals surface area (Å²) in [4.78, 5) is 22.7. The minimum Gasteiger partial charge on any atom is -0.502 e. The van der Waals surface area contributed by atoms with Crippen LogP contribution in [0.3, 0.4) is 0 Å². The molecule has 0 bridgehead atoms. The number of phenols is 1. The molecule has 1 amide bonds. The lowest BCUT2D eigenvalue weighted by Crippen LogP contribution is -2.44. The van der Waals surface area contributed by atoms with Crippen molar-refractivity contribution in [3.05, 3.63) is 63.2 Å². The molecule has 2 aromatic rings. The largest absolute Gasteiger partial charge is 0.502 e. The van der Waals surface area contributed by atoms with Gasteiger partial charge in [0.05, 0.1) is 16.0 Å². The van der Waals surface area contributed by atoms with Gasteiger partial charge in [-0.1, -0.05) is 11.6 Å². The summed E-state index contributed by atoms with van der Waals surface area (Å²) in [7, 11) is -3.89. The number of hydrogen-bond acceptors (Lipinski definition) is 7. The number of aromatic hydroxyl groups is 1. The molecule has 1 aliphatic heterocycles. The molecular formula is C18H17ClN4O6S. The molecule has 1 aliphatic rings. The maximum Gasteiger partial charge on any atom is 0.311 e. The van der Waals surface area contributed by atoms with Gasteiger partial charge in [0.15, 0.2) is 5.75 Å². The van der Waals surface area contributed by atoms with Crippen molar-refractivity contribution in [2.75, 3.05) is 6.54 Å². The van der Waals surface area contributed by atoms with Crippen molar-refractivity contribution >= 4 is 39.4 Å². The molecule has 1 saturated heterocycles. The molecule has 0 spiro atoms. The summed E-state index contributed by atoms with van der Waals surface area (Å²) in [5.74, 6) is -1.11. The zero-order valence-electron chi connectivity index (χ0n) is 15.4. The van der Waals surface area contributed by atoms with Crippen LogP contribution in [-0.4, -0.2) is 47.5 Å². The van der Waals surface area contributed by atoms with Gasteiger partial charge in [0.2, 0.25) is 10.0 Å². The van der Waals surface area contributed by atoms with Gasteiger partial charge in [-0.15, -0.1) is 0 Å². The number of hydrazone groups is 1. The highest BCUT2D eigenvalue weighted by atomic mass is 35.5. The topological polar surface area (TPSA) is 142 Å². The van der Waals surface area contributed by atoms with Crippen LogP contribution in [0.1, 0.15) is 18.4 Å². The molecule has 0 unspecified atom stereocenters. The lowest BCUT2D eigenvalue weighted by molar-refractivity contribution is -0.385. The number of nitro groups is 1. The van der Waals surface area contributed by atoms with Crippen molar-refractivity contribution in [1.29, 1.82) is 0 Å². The second kappa shape index (κ2) is 8.78. The summed E-state index contributed by atoms with van der Waals surface area (Å²) in [5.41, 5.74) is 2.05.